The van der Waals surface area contributed by atoms with Gasteiger partial charge in [-0.25, -0.2) is 4.39 Å². The molecule has 2 aromatic carbocycles. The van der Waals surface area contributed by atoms with Crippen LogP contribution in [0.15, 0.2) is 48.5 Å². The van der Waals surface area contributed by atoms with Crippen LogP contribution in [0.5, 0.6) is 5.75 Å². The second kappa shape index (κ2) is 5.19. The largest absolute Gasteiger partial charge is 0.497 e. The minimum absolute atomic E-state index is 0.354. The second-order valence-electron chi connectivity index (χ2n) is 3.66. The third kappa shape index (κ3) is 2.59. The van der Waals surface area contributed by atoms with Crippen molar-refractivity contribution in [1.29, 1.82) is 0 Å². The van der Waals surface area contributed by atoms with Crippen molar-refractivity contribution in [2.45, 2.75) is 5.38 Å². The van der Waals surface area contributed by atoms with Crippen LogP contribution in [-0.4, -0.2) is 7.11 Å². The van der Waals surface area contributed by atoms with Crippen molar-refractivity contribution in [1.82, 2.24) is 0 Å². The zero-order chi connectivity index (χ0) is 12.3. The Balaban J connectivity index is 2.34. The third-order valence-corrected chi connectivity index (χ3v) is 3.06. The SMILES string of the molecule is COc1ccc(C(Cl)c2ccccc2)c(F)c1. The lowest BCUT2D eigenvalue weighted by atomic mass is 10.0. The molecule has 0 radical (unpaired) electrons. The standard InChI is InChI=1S/C14H12ClFO/c1-17-11-7-8-12(13(16)9-11)14(15)10-5-3-2-4-6-10/h2-9,14H,1H3. The Labute approximate surface area is 105 Å². The number of rotatable bonds is 3. The topological polar surface area (TPSA) is 9.23 Å². The number of halogens is 2. The molecule has 0 saturated heterocycles. The van der Waals surface area contributed by atoms with E-state index in [0.29, 0.717) is 11.3 Å². The molecule has 0 heterocycles. The fourth-order valence-corrected chi connectivity index (χ4v) is 1.96. The molecule has 0 aliphatic rings. The van der Waals surface area contributed by atoms with Gasteiger partial charge in [-0.15, -0.1) is 11.6 Å². The molecule has 1 unspecified atom stereocenters. The zero-order valence-corrected chi connectivity index (χ0v) is 10.1. The molecule has 0 spiro atoms. The summed E-state index contributed by atoms with van der Waals surface area (Å²) in [5.74, 6) is 0.136. The summed E-state index contributed by atoms with van der Waals surface area (Å²) in [6, 6.07) is 14.1. The first-order chi connectivity index (χ1) is 8.22. The van der Waals surface area contributed by atoms with Crippen LogP contribution in [0.4, 0.5) is 4.39 Å². The number of methoxy groups -OCH3 is 1. The van der Waals surface area contributed by atoms with Gasteiger partial charge in [-0.2, -0.15) is 0 Å². The molecule has 1 nitrogen and oxygen atoms in total. The van der Waals surface area contributed by atoms with Crippen LogP contribution in [0.1, 0.15) is 16.5 Å². The molecule has 0 aromatic heterocycles. The van der Waals surface area contributed by atoms with Crippen molar-refractivity contribution < 1.29 is 9.13 Å². The van der Waals surface area contributed by atoms with E-state index in [1.165, 1.54) is 13.2 Å². The van der Waals surface area contributed by atoms with E-state index >= 15 is 0 Å². The van der Waals surface area contributed by atoms with Gasteiger partial charge in [0, 0.05) is 11.6 Å². The highest BCUT2D eigenvalue weighted by Crippen LogP contribution is 2.31. The highest BCUT2D eigenvalue weighted by molar-refractivity contribution is 6.22. The first kappa shape index (κ1) is 11.9. The van der Waals surface area contributed by atoms with Gasteiger partial charge >= 0.3 is 0 Å². The first-order valence-corrected chi connectivity index (χ1v) is 5.68. The minimum atomic E-state index is -0.484. The van der Waals surface area contributed by atoms with Crippen molar-refractivity contribution in [3.8, 4) is 5.75 Å². The lowest BCUT2D eigenvalue weighted by Crippen LogP contribution is -1.97. The number of hydrogen-bond acceptors (Lipinski definition) is 1. The van der Waals surface area contributed by atoms with Crippen LogP contribution in [0.3, 0.4) is 0 Å². The van der Waals surface area contributed by atoms with Gasteiger partial charge in [0.2, 0.25) is 0 Å². The van der Waals surface area contributed by atoms with E-state index in [-0.39, 0.29) is 5.82 Å². The predicted molar refractivity (Wildman–Crippen MR) is 67.1 cm³/mol. The van der Waals surface area contributed by atoms with Crippen molar-refractivity contribution in [3.05, 3.63) is 65.5 Å². The summed E-state index contributed by atoms with van der Waals surface area (Å²) in [5, 5.41) is -0.484. The molecule has 0 N–H and O–H groups in total. The van der Waals surface area contributed by atoms with Crippen LogP contribution < -0.4 is 4.74 Å². The smallest absolute Gasteiger partial charge is 0.131 e. The van der Waals surface area contributed by atoms with Crippen molar-refractivity contribution in [3.63, 3.8) is 0 Å². The molecule has 0 bridgehead atoms. The first-order valence-electron chi connectivity index (χ1n) is 5.25. The van der Waals surface area contributed by atoms with Gasteiger partial charge in [0.25, 0.3) is 0 Å². The molecule has 0 saturated carbocycles. The zero-order valence-electron chi connectivity index (χ0n) is 9.36. The van der Waals surface area contributed by atoms with E-state index in [0.717, 1.165) is 5.56 Å². The third-order valence-electron chi connectivity index (χ3n) is 2.57. The maximum atomic E-state index is 13.8. The van der Waals surface area contributed by atoms with E-state index in [1.54, 1.807) is 12.1 Å². The fourth-order valence-electron chi connectivity index (χ4n) is 1.64. The number of ether oxygens (including phenoxy) is 1. The molecule has 0 amide bonds. The second-order valence-corrected chi connectivity index (χ2v) is 4.10. The number of benzene rings is 2. The Morgan fingerprint density at radius 3 is 2.41 bits per heavy atom. The Hall–Kier alpha value is -1.54. The maximum absolute atomic E-state index is 13.8. The lowest BCUT2D eigenvalue weighted by molar-refractivity contribution is 0.410. The average molecular weight is 251 g/mol. The molecule has 0 aliphatic carbocycles. The molecule has 3 heteroatoms. The average Bonchev–Trinajstić information content (AvgIpc) is 2.39. The summed E-state index contributed by atoms with van der Waals surface area (Å²) < 4.78 is 18.8. The molecule has 88 valence electrons. The summed E-state index contributed by atoms with van der Waals surface area (Å²) in [6.07, 6.45) is 0. The number of hydrogen-bond donors (Lipinski definition) is 0. The number of alkyl halides is 1. The van der Waals surface area contributed by atoms with Gasteiger partial charge in [-0.1, -0.05) is 36.4 Å². The Bertz CT molecular complexity index is 499. The summed E-state index contributed by atoms with van der Waals surface area (Å²) in [5.41, 5.74) is 1.33. The molecule has 0 fully saturated rings. The van der Waals surface area contributed by atoms with Gasteiger partial charge in [0.05, 0.1) is 12.5 Å². The summed E-state index contributed by atoms with van der Waals surface area (Å²) in [7, 11) is 1.50. The Morgan fingerprint density at radius 1 is 1.12 bits per heavy atom. The maximum Gasteiger partial charge on any atom is 0.131 e. The van der Waals surface area contributed by atoms with E-state index < -0.39 is 5.38 Å². The van der Waals surface area contributed by atoms with Crippen LogP contribution >= 0.6 is 11.6 Å². The van der Waals surface area contributed by atoms with E-state index in [4.69, 9.17) is 16.3 Å². The highest BCUT2D eigenvalue weighted by atomic mass is 35.5. The fraction of sp³-hybridized carbons (Fsp3) is 0.143. The summed E-state index contributed by atoms with van der Waals surface area (Å²) in [4.78, 5) is 0. The molecule has 1 atom stereocenters. The Morgan fingerprint density at radius 2 is 1.82 bits per heavy atom. The Kier molecular flexibility index (Phi) is 3.64. The lowest BCUT2D eigenvalue weighted by Gasteiger charge is -2.12. The van der Waals surface area contributed by atoms with Crippen LogP contribution in [-0.2, 0) is 0 Å². The molecule has 2 rings (SSSR count). The monoisotopic (exact) mass is 250 g/mol. The predicted octanol–water partition coefficient (Wildman–Crippen LogP) is 4.16. The van der Waals surface area contributed by atoms with Gasteiger partial charge in [-0.3, -0.25) is 0 Å². The molecule has 2 aromatic rings. The molecular formula is C14H12ClFO. The van der Waals surface area contributed by atoms with Gasteiger partial charge in [0.1, 0.15) is 11.6 Å². The van der Waals surface area contributed by atoms with E-state index in [9.17, 15) is 4.39 Å². The van der Waals surface area contributed by atoms with E-state index in [1.807, 2.05) is 30.3 Å². The van der Waals surface area contributed by atoms with Crippen LogP contribution in [0, 0.1) is 5.82 Å². The van der Waals surface area contributed by atoms with Crippen molar-refractivity contribution >= 4 is 11.6 Å². The van der Waals surface area contributed by atoms with Gasteiger partial charge < -0.3 is 4.74 Å². The quantitative estimate of drug-likeness (QED) is 0.743. The van der Waals surface area contributed by atoms with Crippen LogP contribution in [0.2, 0.25) is 0 Å². The van der Waals surface area contributed by atoms with Gasteiger partial charge in [-0.05, 0) is 11.6 Å². The molecule has 17 heavy (non-hydrogen) atoms. The minimum Gasteiger partial charge on any atom is -0.497 e. The normalized spacial score (nSPS) is 12.2. The van der Waals surface area contributed by atoms with Crippen molar-refractivity contribution in [2.75, 3.05) is 7.11 Å². The highest BCUT2D eigenvalue weighted by Gasteiger charge is 2.15. The molecular weight excluding hydrogens is 239 g/mol. The van der Waals surface area contributed by atoms with Crippen LogP contribution in [0.25, 0.3) is 0 Å². The van der Waals surface area contributed by atoms with Gasteiger partial charge in [0.15, 0.2) is 0 Å². The summed E-state index contributed by atoms with van der Waals surface area (Å²) >= 11 is 6.25. The molecule has 0 aliphatic heterocycles. The summed E-state index contributed by atoms with van der Waals surface area (Å²) in [6.45, 7) is 0. The van der Waals surface area contributed by atoms with E-state index in [2.05, 4.69) is 0 Å². The van der Waals surface area contributed by atoms with Crippen molar-refractivity contribution in [2.24, 2.45) is 0 Å².